The van der Waals surface area contributed by atoms with Gasteiger partial charge in [0.05, 0.1) is 17.9 Å². The monoisotopic (exact) mass is 182 g/mol. The highest BCUT2D eigenvalue weighted by atomic mass is 15.3. The van der Waals surface area contributed by atoms with Gasteiger partial charge in [0.15, 0.2) is 0 Å². The highest BCUT2D eigenvalue weighted by molar-refractivity contribution is 4.98. The van der Waals surface area contributed by atoms with E-state index in [9.17, 15) is 0 Å². The second-order valence-electron chi connectivity index (χ2n) is 3.63. The third-order valence-corrected chi connectivity index (χ3v) is 2.25. The first-order valence-electron chi connectivity index (χ1n) is 4.85. The molecule has 3 N–H and O–H groups in total. The SMILES string of the molecule is CCCC(C)CC(N)c1cn[nH]n1. The fourth-order valence-electron chi connectivity index (χ4n) is 1.55. The fourth-order valence-corrected chi connectivity index (χ4v) is 1.55. The lowest BCUT2D eigenvalue weighted by molar-refractivity contribution is 0.435. The van der Waals surface area contributed by atoms with Crippen molar-refractivity contribution < 1.29 is 0 Å². The fraction of sp³-hybridized carbons (Fsp3) is 0.778. The molecule has 0 bridgehead atoms. The first-order chi connectivity index (χ1) is 6.24. The molecule has 1 heterocycles. The van der Waals surface area contributed by atoms with E-state index >= 15 is 0 Å². The quantitative estimate of drug-likeness (QED) is 0.727. The zero-order valence-corrected chi connectivity index (χ0v) is 8.33. The Morgan fingerprint density at radius 1 is 1.62 bits per heavy atom. The molecule has 1 aromatic heterocycles. The molecule has 0 aliphatic rings. The van der Waals surface area contributed by atoms with E-state index in [4.69, 9.17) is 5.73 Å². The molecular formula is C9H18N4. The molecule has 0 saturated heterocycles. The summed E-state index contributed by atoms with van der Waals surface area (Å²) < 4.78 is 0. The number of H-pyrrole nitrogens is 1. The third-order valence-electron chi connectivity index (χ3n) is 2.25. The van der Waals surface area contributed by atoms with E-state index in [2.05, 4.69) is 29.3 Å². The molecule has 4 heteroatoms. The molecular weight excluding hydrogens is 164 g/mol. The van der Waals surface area contributed by atoms with Crippen LogP contribution >= 0.6 is 0 Å². The number of aromatic nitrogens is 3. The molecule has 0 aliphatic heterocycles. The Balaban J connectivity index is 2.37. The molecule has 2 unspecified atom stereocenters. The van der Waals surface area contributed by atoms with Crippen molar-refractivity contribution >= 4 is 0 Å². The van der Waals surface area contributed by atoms with Gasteiger partial charge in [-0.05, 0) is 12.3 Å². The molecule has 0 aromatic carbocycles. The average molecular weight is 182 g/mol. The molecule has 74 valence electrons. The number of nitrogens with two attached hydrogens (primary N) is 1. The summed E-state index contributed by atoms with van der Waals surface area (Å²) in [5.41, 5.74) is 6.81. The van der Waals surface area contributed by atoms with Crippen LogP contribution in [0.25, 0.3) is 0 Å². The molecule has 0 saturated carbocycles. The predicted octanol–water partition coefficient (Wildman–Crippen LogP) is 1.63. The van der Waals surface area contributed by atoms with Crippen molar-refractivity contribution in [2.45, 2.75) is 39.2 Å². The van der Waals surface area contributed by atoms with Gasteiger partial charge in [0.1, 0.15) is 0 Å². The Bertz CT molecular complexity index is 220. The minimum atomic E-state index is 0.0281. The van der Waals surface area contributed by atoms with Gasteiger partial charge in [0.2, 0.25) is 0 Å². The van der Waals surface area contributed by atoms with Crippen LogP contribution < -0.4 is 5.73 Å². The van der Waals surface area contributed by atoms with Gasteiger partial charge in [-0.3, -0.25) is 0 Å². The van der Waals surface area contributed by atoms with Gasteiger partial charge in [-0.25, -0.2) is 0 Å². The van der Waals surface area contributed by atoms with Gasteiger partial charge in [-0.15, -0.1) is 0 Å². The van der Waals surface area contributed by atoms with Crippen LogP contribution in [0.2, 0.25) is 0 Å². The van der Waals surface area contributed by atoms with Crippen LogP contribution in [0.1, 0.15) is 44.8 Å². The average Bonchev–Trinajstić information content (AvgIpc) is 2.55. The molecule has 0 radical (unpaired) electrons. The van der Waals surface area contributed by atoms with Crippen molar-refractivity contribution in [2.75, 3.05) is 0 Å². The van der Waals surface area contributed by atoms with Crippen LogP contribution in [0.5, 0.6) is 0 Å². The Hall–Kier alpha value is -0.900. The van der Waals surface area contributed by atoms with Crippen molar-refractivity contribution in [2.24, 2.45) is 11.7 Å². The lowest BCUT2D eigenvalue weighted by Gasteiger charge is -2.13. The summed E-state index contributed by atoms with van der Waals surface area (Å²) in [5, 5.41) is 10.3. The highest BCUT2D eigenvalue weighted by Gasteiger charge is 2.12. The largest absolute Gasteiger partial charge is 0.323 e. The molecule has 0 aliphatic carbocycles. The van der Waals surface area contributed by atoms with Crippen LogP contribution in [0.4, 0.5) is 0 Å². The summed E-state index contributed by atoms with van der Waals surface area (Å²) in [5.74, 6) is 0.664. The lowest BCUT2D eigenvalue weighted by Crippen LogP contribution is -2.14. The first-order valence-corrected chi connectivity index (χ1v) is 4.85. The van der Waals surface area contributed by atoms with E-state index in [0.717, 1.165) is 12.1 Å². The maximum Gasteiger partial charge on any atom is 0.0991 e. The van der Waals surface area contributed by atoms with Crippen LogP contribution in [0.3, 0.4) is 0 Å². The van der Waals surface area contributed by atoms with Gasteiger partial charge in [-0.1, -0.05) is 26.7 Å². The molecule has 1 rings (SSSR count). The summed E-state index contributed by atoms with van der Waals surface area (Å²) in [7, 11) is 0. The van der Waals surface area contributed by atoms with Gasteiger partial charge in [0.25, 0.3) is 0 Å². The predicted molar refractivity (Wildman–Crippen MR) is 52.0 cm³/mol. The topological polar surface area (TPSA) is 67.6 Å². The Kier molecular flexibility index (Phi) is 3.89. The molecule has 0 spiro atoms. The minimum absolute atomic E-state index is 0.0281. The summed E-state index contributed by atoms with van der Waals surface area (Å²) >= 11 is 0. The molecule has 4 nitrogen and oxygen atoms in total. The minimum Gasteiger partial charge on any atom is -0.323 e. The Morgan fingerprint density at radius 2 is 2.38 bits per heavy atom. The molecule has 0 amide bonds. The van der Waals surface area contributed by atoms with Gasteiger partial charge in [0, 0.05) is 0 Å². The van der Waals surface area contributed by atoms with Gasteiger partial charge in [-0.2, -0.15) is 15.4 Å². The van der Waals surface area contributed by atoms with Gasteiger partial charge < -0.3 is 5.73 Å². The van der Waals surface area contributed by atoms with Crippen LogP contribution in [0.15, 0.2) is 6.20 Å². The second kappa shape index (κ2) is 4.97. The smallest absolute Gasteiger partial charge is 0.0991 e. The normalized spacial score (nSPS) is 15.6. The zero-order valence-electron chi connectivity index (χ0n) is 8.33. The van der Waals surface area contributed by atoms with E-state index in [1.54, 1.807) is 6.20 Å². The summed E-state index contributed by atoms with van der Waals surface area (Å²) in [4.78, 5) is 0. The molecule has 13 heavy (non-hydrogen) atoms. The van der Waals surface area contributed by atoms with Crippen molar-refractivity contribution in [1.29, 1.82) is 0 Å². The standard InChI is InChI=1S/C9H18N4/c1-3-4-7(2)5-8(10)9-6-11-13-12-9/h6-8H,3-5,10H2,1-2H3,(H,11,12,13). The summed E-state index contributed by atoms with van der Waals surface area (Å²) in [6.45, 7) is 4.42. The second-order valence-corrected chi connectivity index (χ2v) is 3.63. The number of nitrogens with zero attached hydrogens (tertiary/aromatic N) is 2. The lowest BCUT2D eigenvalue weighted by atomic mass is 9.96. The van der Waals surface area contributed by atoms with Crippen LogP contribution in [-0.4, -0.2) is 15.4 Å². The van der Waals surface area contributed by atoms with Crippen LogP contribution in [-0.2, 0) is 0 Å². The third kappa shape index (κ3) is 3.14. The maximum atomic E-state index is 5.95. The zero-order chi connectivity index (χ0) is 9.68. The summed E-state index contributed by atoms with van der Waals surface area (Å²) in [6.07, 6.45) is 5.13. The number of hydrogen-bond donors (Lipinski definition) is 2. The van der Waals surface area contributed by atoms with E-state index in [-0.39, 0.29) is 6.04 Å². The van der Waals surface area contributed by atoms with Crippen molar-refractivity contribution in [3.05, 3.63) is 11.9 Å². The molecule has 2 atom stereocenters. The first kappa shape index (κ1) is 10.2. The number of hydrogen-bond acceptors (Lipinski definition) is 3. The van der Waals surface area contributed by atoms with E-state index < -0.39 is 0 Å². The van der Waals surface area contributed by atoms with E-state index in [1.165, 1.54) is 12.8 Å². The van der Waals surface area contributed by atoms with Gasteiger partial charge >= 0.3 is 0 Å². The number of aromatic amines is 1. The summed E-state index contributed by atoms with van der Waals surface area (Å²) in [6, 6.07) is 0.0281. The van der Waals surface area contributed by atoms with E-state index in [0.29, 0.717) is 5.92 Å². The van der Waals surface area contributed by atoms with E-state index in [1.807, 2.05) is 0 Å². The van der Waals surface area contributed by atoms with Crippen LogP contribution in [0, 0.1) is 5.92 Å². The van der Waals surface area contributed by atoms with Crippen molar-refractivity contribution in [1.82, 2.24) is 15.4 Å². The Labute approximate surface area is 78.9 Å². The van der Waals surface area contributed by atoms with Crippen molar-refractivity contribution in [3.63, 3.8) is 0 Å². The highest BCUT2D eigenvalue weighted by Crippen LogP contribution is 2.19. The molecule has 1 aromatic rings. The maximum absolute atomic E-state index is 5.95. The Morgan fingerprint density at radius 3 is 2.92 bits per heavy atom. The number of rotatable bonds is 5. The molecule has 0 fully saturated rings. The number of nitrogens with one attached hydrogen (secondary N) is 1. The van der Waals surface area contributed by atoms with Crippen molar-refractivity contribution in [3.8, 4) is 0 Å².